The minimum absolute atomic E-state index is 0.169. The number of benzene rings is 2. The number of aryl methyl sites for hydroxylation is 1. The molecule has 3 rings (SSSR count). The topological polar surface area (TPSA) is 103 Å². The standard InChI is InChI=1S/C22H25N3O4/c1-4-16(24-14-8-5-13(6-9-14)7-10-20(23)26)21-15-11-18(28-2)19(29-3)12-17(15)25-22(21)27/h5-6,8-9,11-12,24H,4,7,10H2,1-3H3,(H2,23,26)(H,25,27). The first-order chi connectivity index (χ1) is 14.0. The van der Waals surface area contributed by atoms with Crippen LogP contribution in [0.3, 0.4) is 0 Å². The molecule has 0 saturated heterocycles. The normalized spacial score (nSPS) is 14.1. The Hall–Kier alpha value is -3.48. The van der Waals surface area contributed by atoms with Gasteiger partial charge in [0.2, 0.25) is 5.91 Å². The molecule has 29 heavy (non-hydrogen) atoms. The number of anilines is 2. The van der Waals surface area contributed by atoms with Crippen LogP contribution in [0.5, 0.6) is 11.5 Å². The number of nitrogens with one attached hydrogen (secondary N) is 2. The highest BCUT2D eigenvalue weighted by Gasteiger charge is 2.29. The van der Waals surface area contributed by atoms with Gasteiger partial charge in [-0.15, -0.1) is 0 Å². The second-order valence-electron chi connectivity index (χ2n) is 6.70. The van der Waals surface area contributed by atoms with Crippen molar-refractivity contribution in [3.8, 4) is 11.5 Å². The molecular formula is C22H25N3O4. The number of primary amides is 1. The molecule has 0 aliphatic carbocycles. The summed E-state index contributed by atoms with van der Waals surface area (Å²) in [4.78, 5) is 23.6. The molecule has 0 atom stereocenters. The zero-order valence-corrected chi connectivity index (χ0v) is 16.8. The second-order valence-corrected chi connectivity index (χ2v) is 6.70. The summed E-state index contributed by atoms with van der Waals surface area (Å²) in [5.41, 5.74) is 9.95. The summed E-state index contributed by atoms with van der Waals surface area (Å²) >= 11 is 0. The summed E-state index contributed by atoms with van der Waals surface area (Å²) in [5.74, 6) is 0.640. The molecule has 1 aliphatic rings. The Morgan fingerprint density at radius 3 is 2.34 bits per heavy atom. The van der Waals surface area contributed by atoms with Gasteiger partial charge in [0.05, 0.1) is 25.5 Å². The molecule has 7 heteroatoms. The highest BCUT2D eigenvalue weighted by molar-refractivity contribution is 6.32. The predicted octanol–water partition coefficient (Wildman–Crippen LogP) is 3.31. The molecule has 0 spiro atoms. The van der Waals surface area contributed by atoms with E-state index in [9.17, 15) is 9.59 Å². The van der Waals surface area contributed by atoms with Gasteiger partial charge < -0.3 is 25.8 Å². The Morgan fingerprint density at radius 2 is 1.76 bits per heavy atom. The van der Waals surface area contributed by atoms with Gasteiger partial charge >= 0.3 is 0 Å². The molecule has 1 heterocycles. The fourth-order valence-electron chi connectivity index (χ4n) is 3.32. The Morgan fingerprint density at radius 1 is 1.10 bits per heavy atom. The third kappa shape index (κ3) is 4.34. The molecule has 4 N–H and O–H groups in total. The lowest BCUT2D eigenvalue weighted by atomic mass is 10.0. The SMILES string of the molecule is CCC(Nc1ccc(CCC(N)=O)cc1)=C1C(=O)Nc2cc(OC)c(OC)cc21. The minimum Gasteiger partial charge on any atom is -0.493 e. The molecule has 2 amide bonds. The van der Waals surface area contributed by atoms with Crippen LogP contribution in [-0.4, -0.2) is 26.0 Å². The van der Waals surface area contributed by atoms with Crippen molar-refractivity contribution in [2.75, 3.05) is 24.9 Å². The summed E-state index contributed by atoms with van der Waals surface area (Å²) in [7, 11) is 3.13. The van der Waals surface area contributed by atoms with Crippen molar-refractivity contribution in [3.63, 3.8) is 0 Å². The molecule has 0 saturated carbocycles. The van der Waals surface area contributed by atoms with Crippen LogP contribution in [-0.2, 0) is 16.0 Å². The van der Waals surface area contributed by atoms with Gasteiger partial charge in [-0.25, -0.2) is 0 Å². The van der Waals surface area contributed by atoms with Gasteiger partial charge in [0.25, 0.3) is 5.91 Å². The fraction of sp³-hybridized carbons (Fsp3) is 0.273. The van der Waals surface area contributed by atoms with Crippen LogP contribution >= 0.6 is 0 Å². The Labute approximate surface area is 169 Å². The number of hydrogen-bond donors (Lipinski definition) is 3. The average Bonchev–Trinajstić information content (AvgIpc) is 3.04. The van der Waals surface area contributed by atoms with Gasteiger partial charge in [-0.05, 0) is 36.6 Å². The Kier molecular flexibility index (Phi) is 6.07. The van der Waals surface area contributed by atoms with Gasteiger partial charge in [0.15, 0.2) is 11.5 Å². The summed E-state index contributed by atoms with van der Waals surface area (Å²) < 4.78 is 10.7. The van der Waals surface area contributed by atoms with Crippen molar-refractivity contribution in [2.24, 2.45) is 5.73 Å². The molecular weight excluding hydrogens is 370 g/mol. The van der Waals surface area contributed by atoms with E-state index < -0.39 is 0 Å². The van der Waals surface area contributed by atoms with Crippen LogP contribution in [0.25, 0.3) is 5.57 Å². The van der Waals surface area contributed by atoms with Crippen LogP contribution in [0, 0.1) is 0 Å². The smallest absolute Gasteiger partial charge is 0.258 e. The van der Waals surface area contributed by atoms with E-state index in [0.717, 1.165) is 22.5 Å². The predicted molar refractivity (Wildman–Crippen MR) is 113 cm³/mol. The van der Waals surface area contributed by atoms with E-state index in [4.69, 9.17) is 15.2 Å². The highest BCUT2D eigenvalue weighted by atomic mass is 16.5. The second kappa shape index (κ2) is 8.68. The summed E-state index contributed by atoms with van der Waals surface area (Å²) in [6.45, 7) is 1.99. The quantitative estimate of drug-likeness (QED) is 0.595. The zero-order chi connectivity index (χ0) is 21.0. The molecule has 7 nitrogen and oxygen atoms in total. The van der Waals surface area contributed by atoms with Crippen molar-refractivity contribution >= 4 is 28.8 Å². The first-order valence-electron chi connectivity index (χ1n) is 9.42. The van der Waals surface area contributed by atoms with Crippen LogP contribution in [0.4, 0.5) is 11.4 Å². The van der Waals surface area contributed by atoms with Gasteiger partial charge in [-0.3, -0.25) is 9.59 Å². The Balaban J connectivity index is 1.91. The van der Waals surface area contributed by atoms with Gasteiger partial charge in [-0.1, -0.05) is 19.1 Å². The summed E-state index contributed by atoms with van der Waals surface area (Å²) in [5, 5.41) is 6.25. The number of carbonyl (C=O) groups is 2. The lowest BCUT2D eigenvalue weighted by molar-refractivity contribution is -0.118. The van der Waals surface area contributed by atoms with E-state index in [1.807, 2.05) is 37.3 Å². The van der Waals surface area contributed by atoms with Gasteiger partial charge in [0, 0.05) is 29.4 Å². The Bertz CT molecular complexity index is 965. The molecule has 152 valence electrons. The van der Waals surface area contributed by atoms with Gasteiger partial charge in [0.1, 0.15) is 0 Å². The zero-order valence-electron chi connectivity index (χ0n) is 16.8. The van der Waals surface area contributed by atoms with Crippen LogP contribution in [0.2, 0.25) is 0 Å². The van der Waals surface area contributed by atoms with E-state index in [0.29, 0.717) is 42.0 Å². The van der Waals surface area contributed by atoms with E-state index in [1.54, 1.807) is 20.3 Å². The average molecular weight is 395 g/mol. The first-order valence-corrected chi connectivity index (χ1v) is 9.42. The molecule has 1 aliphatic heterocycles. The van der Waals surface area contributed by atoms with Crippen LogP contribution in [0.1, 0.15) is 30.9 Å². The number of hydrogen-bond acceptors (Lipinski definition) is 5. The van der Waals surface area contributed by atoms with Crippen molar-refractivity contribution in [3.05, 3.63) is 53.2 Å². The van der Waals surface area contributed by atoms with Crippen molar-refractivity contribution < 1.29 is 19.1 Å². The molecule has 0 radical (unpaired) electrons. The number of fused-ring (bicyclic) bond motifs is 1. The summed E-state index contributed by atoms with van der Waals surface area (Å²) in [6.07, 6.45) is 1.56. The van der Waals surface area contributed by atoms with Crippen molar-refractivity contribution in [1.29, 1.82) is 0 Å². The fourth-order valence-corrected chi connectivity index (χ4v) is 3.32. The monoisotopic (exact) mass is 395 g/mol. The molecule has 2 aromatic carbocycles. The number of allylic oxidation sites excluding steroid dienone is 1. The largest absolute Gasteiger partial charge is 0.493 e. The van der Waals surface area contributed by atoms with E-state index in [1.165, 1.54) is 0 Å². The number of rotatable bonds is 8. The van der Waals surface area contributed by atoms with Crippen LogP contribution in [0.15, 0.2) is 42.1 Å². The number of ether oxygens (including phenoxy) is 2. The number of amides is 2. The number of methoxy groups -OCH3 is 2. The number of carbonyl (C=O) groups excluding carboxylic acids is 2. The maximum absolute atomic E-state index is 12.7. The van der Waals surface area contributed by atoms with E-state index in [2.05, 4.69) is 10.6 Å². The van der Waals surface area contributed by atoms with Crippen LogP contribution < -0.4 is 25.8 Å². The molecule has 0 bridgehead atoms. The van der Waals surface area contributed by atoms with E-state index in [-0.39, 0.29) is 11.8 Å². The summed E-state index contributed by atoms with van der Waals surface area (Å²) in [6, 6.07) is 11.3. The number of nitrogens with two attached hydrogens (primary N) is 1. The van der Waals surface area contributed by atoms with Crippen molar-refractivity contribution in [2.45, 2.75) is 26.2 Å². The molecule has 0 unspecified atom stereocenters. The molecule has 0 fully saturated rings. The molecule has 2 aromatic rings. The lowest BCUT2D eigenvalue weighted by Crippen LogP contribution is -2.11. The highest BCUT2D eigenvalue weighted by Crippen LogP contribution is 2.42. The van der Waals surface area contributed by atoms with Gasteiger partial charge in [-0.2, -0.15) is 0 Å². The molecule has 0 aromatic heterocycles. The maximum Gasteiger partial charge on any atom is 0.258 e. The third-order valence-corrected chi connectivity index (χ3v) is 4.83. The lowest BCUT2D eigenvalue weighted by Gasteiger charge is -2.14. The third-order valence-electron chi connectivity index (χ3n) is 4.83. The van der Waals surface area contributed by atoms with Crippen molar-refractivity contribution in [1.82, 2.24) is 0 Å². The first kappa shape index (κ1) is 20.3. The minimum atomic E-state index is -0.317. The maximum atomic E-state index is 12.7. The van der Waals surface area contributed by atoms with E-state index >= 15 is 0 Å².